The molecule has 0 fully saturated rings. The van der Waals surface area contributed by atoms with Crippen molar-refractivity contribution in [3.8, 4) is 0 Å². The number of benzene rings is 3. The summed E-state index contributed by atoms with van der Waals surface area (Å²) in [5, 5.41) is 2.70. The quantitative estimate of drug-likeness (QED) is 0.517. The standard InChI is InChI=1S/C18H15OSi/c19-20(16-10-4-1-5-11-16,17-12-6-2-7-13-17)18-14-8-3-9-15-18/h1-15H/q-1. The molecule has 0 saturated carbocycles. The van der Waals surface area contributed by atoms with Gasteiger partial charge in [-0.25, -0.2) is 0 Å². The summed E-state index contributed by atoms with van der Waals surface area (Å²) in [6.07, 6.45) is 0. The van der Waals surface area contributed by atoms with Gasteiger partial charge in [0.15, 0.2) is 0 Å². The van der Waals surface area contributed by atoms with E-state index in [9.17, 15) is 4.80 Å². The zero-order valence-electron chi connectivity index (χ0n) is 11.1. The highest BCUT2D eigenvalue weighted by molar-refractivity contribution is 7.04. The van der Waals surface area contributed by atoms with Gasteiger partial charge < -0.3 is 4.80 Å². The van der Waals surface area contributed by atoms with Crippen LogP contribution in [0.3, 0.4) is 0 Å². The van der Waals surface area contributed by atoms with E-state index in [1.54, 1.807) is 0 Å². The van der Waals surface area contributed by atoms with Crippen LogP contribution in [0.2, 0.25) is 0 Å². The summed E-state index contributed by atoms with van der Waals surface area (Å²) in [7, 11) is -3.13. The van der Waals surface area contributed by atoms with Crippen molar-refractivity contribution in [3.05, 3.63) is 91.0 Å². The van der Waals surface area contributed by atoms with Crippen LogP contribution in [0.1, 0.15) is 0 Å². The van der Waals surface area contributed by atoms with Crippen LogP contribution in [0.5, 0.6) is 0 Å². The molecule has 3 rings (SSSR count). The fourth-order valence-electron chi connectivity index (χ4n) is 2.52. The van der Waals surface area contributed by atoms with Crippen molar-refractivity contribution in [1.82, 2.24) is 0 Å². The Morgan fingerprint density at radius 1 is 0.450 bits per heavy atom. The van der Waals surface area contributed by atoms with E-state index in [2.05, 4.69) is 0 Å². The predicted molar refractivity (Wildman–Crippen MR) is 84.0 cm³/mol. The maximum Gasteiger partial charge on any atom is 0.0572 e. The number of hydrogen-bond donors (Lipinski definition) is 0. The molecule has 0 amide bonds. The molecule has 20 heavy (non-hydrogen) atoms. The molecular formula is C18H15OSi-. The van der Waals surface area contributed by atoms with Crippen molar-refractivity contribution in [1.29, 1.82) is 0 Å². The average Bonchev–Trinajstić information content (AvgIpc) is 2.56. The maximum atomic E-state index is 13.8. The second-order valence-electron chi connectivity index (χ2n) is 4.78. The van der Waals surface area contributed by atoms with Gasteiger partial charge in [0.05, 0.1) is 8.32 Å². The largest absolute Gasteiger partial charge is 0.848 e. The molecule has 0 heterocycles. The first-order valence-electron chi connectivity index (χ1n) is 6.69. The minimum Gasteiger partial charge on any atom is -0.848 e. The van der Waals surface area contributed by atoms with E-state index >= 15 is 0 Å². The molecular weight excluding hydrogens is 260 g/mol. The Labute approximate surface area is 120 Å². The second kappa shape index (κ2) is 5.45. The van der Waals surface area contributed by atoms with Crippen LogP contribution in [0.25, 0.3) is 0 Å². The molecule has 0 aliphatic carbocycles. The first-order chi connectivity index (χ1) is 9.82. The summed E-state index contributed by atoms with van der Waals surface area (Å²) in [6, 6.07) is 29.3. The molecule has 0 aromatic heterocycles. The van der Waals surface area contributed by atoms with Gasteiger partial charge in [0, 0.05) is 0 Å². The zero-order valence-corrected chi connectivity index (χ0v) is 12.1. The van der Waals surface area contributed by atoms with E-state index in [1.165, 1.54) is 0 Å². The lowest BCUT2D eigenvalue weighted by molar-refractivity contribution is -0.193. The van der Waals surface area contributed by atoms with Crippen molar-refractivity contribution in [2.45, 2.75) is 0 Å². The van der Waals surface area contributed by atoms with Gasteiger partial charge in [-0.15, -0.1) is 0 Å². The summed E-state index contributed by atoms with van der Waals surface area (Å²) in [4.78, 5) is 13.8. The molecule has 0 atom stereocenters. The van der Waals surface area contributed by atoms with Crippen molar-refractivity contribution >= 4 is 23.9 Å². The van der Waals surface area contributed by atoms with Crippen LogP contribution in [0.4, 0.5) is 0 Å². The minimum absolute atomic E-state index is 0.900. The maximum absolute atomic E-state index is 13.8. The Kier molecular flexibility index (Phi) is 3.50. The Balaban J connectivity index is 2.24. The van der Waals surface area contributed by atoms with E-state index < -0.39 is 8.32 Å². The van der Waals surface area contributed by atoms with E-state index in [-0.39, 0.29) is 0 Å². The van der Waals surface area contributed by atoms with Crippen LogP contribution in [0, 0.1) is 0 Å². The summed E-state index contributed by atoms with van der Waals surface area (Å²) >= 11 is 0. The van der Waals surface area contributed by atoms with Crippen LogP contribution in [0.15, 0.2) is 91.0 Å². The molecule has 2 heteroatoms. The fourth-order valence-corrected chi connectivity index (χ4v) is 5.50. The van der Waals surface area contributed by atoms with E-state index in [0.717, 1.165) is 15.6 Å². The molecule has 0 aliphatic heterocycles. The molecule has 0 bridgehead atoms. The molecule has 0 unspecified atom stereocenters. The summed E-state index contributed by atoms with van der Waals surface area (Å²) in [6.45, 7) is 0. The molecule has 3 aromatic carbocycles. The van der Waals surface area contributed by atoms with Gasteiger partial charge in [-0.3, -0.25) is 0 Å². The molecule has 0 N–H and O–H groups in total. The molecule has 0 saturated heterocycles. The van der Waals surface area contributed by atoms with Crippen LogP contribution < -0.4 is 20.4 Å². The molecule has 3 aromatic rings. The fraction of sp³-hybridized carbons (Fsp3) is 0. The predicted octanol–water partition coefficient (Wildman–Crippen LogP) is 1.01. The average molecular weight is 275 g/mol. The van der Waals surface area contributed by atoms with Crippen molar-refractivity contribution in [2.24, 2.45) is 0 Å². The third-order valence-corrected chi connectivity index (χ3v) is 6.98. The normalized spacial score (nSPS) is 11.2. The van der Waals surface area contributed by atoms with Gasteiger partial charge in [-0.2, -0.15) is 0 Å². The second-order valence-corrected chi connectivity index (χ2v) is 7.87. The lowest BCUT2D eigenvalue weighted by Gasteiger charge is -2.40. The first kappa shape index (κ1) is 12.8. The lowest BCUT2D eigenvalue weighted by atomic mass is 10.3. The highest BCUT2D eigenvalue weighted by Crippen LogP contribution is 2.01. The first-order valence-corrected chi connectivity index (χ1v) is 8.59. The smallest absolute Gasteiger partial charge is 0.0572 e. The van der Waals surface area contributed by atoms with Gasteiger partial charge in [-0.05, 0) is 0 Å². The van der Waals surface area contributed by atoms with Crippen LogP contribution >= 0.6 is 0 Å². The Bertz CT molecular complexity index is 569. The Morgan fingerprint density at radius 3 is 0.950 bits per heavy atom. The van der Waals surface area contributed by atoms with Gasteiger partial charge in [0.25, 0.3) is 0 Å². The van der Waals surface area contributed by atoms with E-state index in [4.69, 9.17) is 0 Å². The monoisotopic (exact) mass is 275 g/mol. The number of hydrogen-bond acceptors (Lipinski definition) is 1. The summed E-state index contributed by atoms with van der Waals surface area (Å²) in [5.74, 6) is 0. The molecule has 0 spiro atoms. The minimum atomic E-state index is -3.13. The van der Waals surface area contributed by atoms with Gasteiger partial charge >= 0.3 is 0 Å². The molecule has 1 nitrogen and oxygen atoms in total. The van der Waals surface area contributed by atoms with Crippen molar-refractivity contribution in [3.63, 3.8) is 0 Å². The summed E-state index contributed by atoms with van der Waals surface area (Å²) in [5.41, 5.74) is 0. The third kappa shape index (κ3) is 2.20. The van der Waals surface area contributed by atoms with Crippen molar-refractivity contribution < 1.29 is 4.80 Å². The SMILES string of the molecule is [O-][Si](c1ccccc1)(c1ccccc1)c1ccccc1. The van der Waals surface area contributed by atoms with Gasteiger partial charge in [0.1, 0.15) is 0 Å². The zero-order chi connectivity index (χ0) is 13.8. The third-order valence-electron chi connectivity index (χ3n) is 3.54. The highest BCUT2D eigenvalue weighted by Gasteiger charge is 2.25. The number of rotatable bonds is 3. The topological polar surface area (TPSA) is 23.1 Å². The van der Waals surface area contributed by atoms with E-state index in [1.807, 2.05) is 91.0 Å². The van der Waals surface area contributed by atoms with Crippen LogP contribution in [-0.2, 0) is 0 Å². The highest BCUT2D eigenvalue weighted by atomic mass is 28.4. The molecule has 0 radical (unpaired) electrons. The van der Waals surface area contributed by atoms with Gasteiger partial charge in [-0.1, -0.05) is 107 Å². The Hall–Kier alpha value is -2.16. The van der Waals surface area contributed by atoms with Crippen molar-refractivity contribution in [2.75, 3.05) is 0 Å². The van der Waals surface area contributed by atoms with E-state index in [0.29, 0.717) is 0 Å². The van der Waals surface area contributed by atoms with Crippen LogP contribution in [-0.4, -0.2) is 8.32 Å². The van der Waals surface area contributed by atoms with Gasteiger partial charge in [0.2, 0.25) is 0 Å². The summed E-state index contributed by atoms with van der Waals surface area (Å²) < 4.78 is 0. The molecule has 98 valence electrons. The molecule has 0 aliphatic rings. The lowest BCUT2D eigenvalue weighted by Crippen LogP contribution is -2.76. The Morgan fingerprint density at radius 2 is 0.700 bits per heavy atom.